The molecular weight excluding hydrogens is 152 g/mol. The maximum Gasteiger partial charge on any atom is 0.124 e. The van der Waals surface area contributed by atoms with E-state index in [1.165, 1.54) is 0 Å². The van der Waals surface area contributed by atoms with Crippen LogP contribution in [0.3, 0.4) is 0 Å². The summed E-state index contributed by atoms with van der Waals surface area (Å²) in [6, 6.07) is 2.09. The first-order valence-corrected chi connectivity index (χ1v) is 4.41. The lowest BCUT2D eigenvalue weighted by atomic mass is 10.3. The van der Waals surface area contributed by atoms with Crippen molar-refractivity contribution in [3.8, 4) is 0 Å². The van der Waals surface area contributed by atoms with Crippen molar-refractivity contribution in [3.05, 3.63) is 11.8 Å². The molecule has 0 unspecified atom stereocenters. The van der Waals surface area contributed by atoms with E-state index in [0.717, 1.165) is 37.4 Å². The molecule has 3 N–H and O–H groups in total. The van der Waals surface area contributed by atoms with Crippen LogP contribution < -0.4 is 11.1 Å². The number of fused-ring (bicyclic) bond motifs is 1. The SMILES string of the molecule is NCCc1cc2n(n1)CCCN2. The van der Waals surface area contributed by atoms with Crippen LogP contribution in [0, 0.1) is 0 Å². The summed E-state index contributed by atoms with van der Waals surface area (Å²) in [5.41, 5.74) is 6.55. The summed E-state index contributed by atoms with van der Waals surface area (Å²) in [6.07, 6.45) is 2.04. The van der Waals surface area contributed by atoms with Crippen molar-refractivity contribution in [2.75, 3.05) is 18.4 Å². The smallest absolute Gasteiger partial charge is 0.124 e. The zero-order valence-corrected chi connectivity index (χ0v) is 7.08. The van der Waals surface area contributed by atoms with Gasteiger partial charge in [0.1, 0.15) is 5.82 Å². The number of aromatic nitrogens is 2. The van der Waals surface area contributed by atoms with Gasteiger partial charge >= 0.3 is 0 Å². The highest BCUT2D eigenvalue weighted by Crippen LogP contribution is 2.14. The first-order valence-electron chi connectivity index (χ1n) is 4.41. The third kappa shape index (κ3) is 1.30. The van der Waals surface area contributed by atoms with Crippen LogP contribution in [-0.2, 0) is 13.0 Å². The first-order chi connectivity index (χ1) is 5.90. The maximum atomic E-state index is 5.45. The number of nitrogens with two attached hydrogens (primary N) is 1. The first kappa shape index (κ1) is 7.61. The Hall–Kier alpha value is -1.03. The molecule has 12 heavy (non-hydrogen) atoms. The second-order valence-electron chi connectivity index (χ2n) is 3.06. The minimum absolute atomic E-state index is 0.677. The third-order valence-corrected chi connectivity index (χ3v) is 2.08. The fraction of sp³-hybridized carbons (Fsp3) is 0.625. The highest BCUT2D eigenvalue weighted by molar-refractivity contribution is 5.38. The molecule has 0 bridgehead atoms. The normalized spacial score (nSPS) is 15.4. The summed E-state index contributed by atoms with van der Waals surface area (Å²) in [6.45, 7) is 2.77. The van der Waals surface area contributed by atoms with Gasteiger partial charge in [-0.15, -0.1) is 0 Å². The summed E-state index contributed by atoms with van der Waals surface area (Å²) in [5.74, 6) is 1.14. The predicted molar refractivity (Wildman–Crippen MR) is 48.1 cm³/mol. The number of rotatable bonds is 2. The molecule has 1 aromatic rings. The Morgan fingerprint density at radius 1 is 1.67 bits per heavy atom. The molecular formula is C8H14N4. The highest BCUT2D eigenvalue weighted by atomic mass is 15.3. The summed E-state index contributed by atoms with van der Waals surface area (Å²) < 4.78 is 2.02. The lowest BCUT2D eigenvalue weighted by Gasteiger charge is -2.14. The molecule has 0 saturated carbocycles. The Labute approximate surface area is 71.7 Å². The van der Waals surface area contributed by atoms with Gasteiger partial charge in [-0.2, -0.15) is 5.10 Å². The lowest BCUT2D eigenvalue weighted by molar-refractivity contribution is 0.561. The van der Waals surface area contributed by atoms with Gasteiger partial charge < -0.3 is 11.1 Å². The van der Waals surface area contributed by atoms with Crippen LogP contribution in [0.15, 0.2) is 6.07 Å². The zero-order valence-electron chi connectivity index (χ0n) is 7.08. The number of hydrogen-bond donors (Lipinski definition) is 2. The molecule has 0 aliphatic carbocycles. The van der Waals surface area contributed by atoms with Gasteiger partial charge in [0.05, 0.1) is 5.69 Å². The van der Waals surface area contributed by atoms with Gasteiger partial charge in [0.15, 0.2) is 0 Å². The molecule has 2 heterocycles. The molecule has 0 spiro atoms. The molecule has 0 radical (unpaired) electrons. The fourth-order valence-corrected chi connectivity index (χ4v) is 1.50. The standard InChI is InChI=1S/C8H14N4/c9-3-2-7-6-8-10-4-1-5-12(8)11-7/h6,10H,1-5,9H2. The zero-order chi connectivity index (χ0) is 8.39. The molecule has 0 amide bonds. The van der Waals surface area contributed by atoms with Crippen LogP contribution >= 0.6 is 0 Å². The van der Waals surface area contributed by atoms with Crippen molar-refractivity contribution in [1.82, 2.24) is 9.78 Å². The van der Waals surface area contributed by atoms with Crippen molar-refractivity contribution >= 4 is 5.82 Å². The second kappa shape index (κ2) is 3.15. The van der Waals surface area contributed by atoms with E-state index in [-0.39, 0.29) is 0 Å². The molecule has 2 rings (SSSR count). The average Bonchev–Trinajstić information content (AvgIpc) is 2.47. The molecule has 0 saturated heterocycles. The van der Waals surface area contributed by atoms with Crippen LogP contribution in [0.5, 0.6) is 0 Å². The summed E-state index contributed by atoms with van der Waals surface area (Å²) in [7, 11) is 0. The summed E-state index contributed by atoms with van der Waals surface area (Å²) in [4.78, 5) is 0. The van der Waals surface area contributed by atoms with E-state index in [0.29, 0.717) is 6.54 Å². The van der Waals surface area contributed by atoms with Crippen molar-refractivity contribution in [1.29, 1.82) is 0 Å². The van der Waals surface area contributed by atoms with Crippen molar-refractivity contribution in [2.24, 2.45) is 5.73 Å². The monoisotopic (exact) mass is 166 g/mol. The molecule has 0 aromatic carbocycles. The van der Waals surface area contributed by atoms with Gasteiger partial charge in [0.25, 0.3) is 0 Å². The van der Waals surface area contributed by atoms with Gasteiger partial charge in [-0.1, -0.05) is 0 Å². The van der Waals surface area contributed by atoms with E-state index in [4.69, 9.17) is 5.73 Å². The van der Waals surface area contributed by atoms with Crippen molar-refractivity contribution < 1.29 is 0 Å². The summed E-state index contributed by atoms with van der Waals surface area (Å²) in [5, 5.41) is 7.72. The second-order valence-corrected chi connectivity index (χ2v) is 3.06. The minimum Gasteiger partial charge on any atom is -0.370 e. The molecule has 66 valence electrons. The number of nitrogens with zero attached hydrogens (tertiary/aromatic N) is 2. The third-order valence-electron chi connectivity index (χ3n) is 2.08. The molecule has 1 aromatic heterocycles. The Morgan fingerprint density at radius 3 is 3.33 bits per heavy atom. The Bertz CT molecular complexity index is 243. The fourth-order valence-electron chi connectivity index (χ4n) is 1.50. The van der Waals surface area contributed by atoms with E-state index < -0.39 is 0 Å². The van der Waals surface area contributed by atoms with Crippen LogP contribution in [0.25, 0.3) is 0 Å². The van der Waals surface area contributed by atoms with E-state index in [1.54, 1.807) is 0 Å². The molecule has 1 aliphatic heterocycles. The number of hydrogen-bond acceptors (Lipinski definition) is 3. The predicted octanol–water partition coefficient (Wildman–Crippen LogP) is 0.200. The van der Waals surface area contributed by atoms with Crippen LogP contribution in [0.4, 0.5) is 5.82 Å². The topological polar surface area (TPSA) is 55.9 Å². The lowest BCUT2D eigenvalue weighted by Crippen LogP contribution is -2.17. The van der Waals surface area contributed by atoms with E-state index >= 15 is 0 Å². The van der Waals surface area contributed by atoms with Crippen LogP contribution in [0.2, 0.25) is 0 Å². The number of anilines is 1. The molecule has 1 aliphatic rings. The Kier molecular flexibility index (Phi) is 1.99. The quantitative estimate of drug-likeness (QED) is 0.660. The average molecular weight is 166 g/mol. The highest BCUT2D eigenvalue weighted by Gasteiger charge is 2.10. The number of aryl methyl sites for hydroxylation is 1. The molecule has 0 atom stereocenters. The van der Waals surface area contributed by atoms with Gasteiger partial charge in [-0.05, 0) is 13.0 Å². The Balaban J connectivity index is 2.20. The van der Waals surface area contributed by atoms with E-state index in [9.17, 15) is 0 Å². The van der Waals surface area contributed by atoms with E-state index in [1.807, 2.05) is 4.68 Å². The van der Waals surface area contributed by atoms with E-state index in [2.05, 4.69) is 16.5 Å². The van der Waals surface area contributed by atoms with Crippen molar-refractivity contribution in [3.63, 3.8) is 0 Å². The van der Waals surface area contributed by atoms with Crippen LogP contribution in [0.1, 0.15) is 12.1 Å². The van der Waals surface area contributed by atoms with Crippen molar-refractivity contribution in [2.45, 2.75) is 19.4 Å². The van der Waals surface area contributed by atoms with Gasteiger partial charge in [-0.3, -0.25) is 0 Å². The number of nitrogens with one attached hydrogen (secondary N) is 1. The molecule has 4 heteroatoms. The maximum absolute atomic E-state index is 5.45. The van der Waals surface area contributed by atoms with Gasteiger partial charge in [0.2, 0.25) is 0 Å². The minimum atomic E-state index is 0.677. The Morgan fingerprint density at radius 2 is 2.58 bits per heavy atom. The molecule has 0 fully saturated rings. The van der Waals surface area contributed by atoms with Gasteiger partial charge in [0, 0.05) is 25.6 Å². The summed E-state index contributed by atoms with van der Waals surface area (Å²) >= 11 is 0. The largest absolute Gasteiger partial charge is 0.370 e. The molecule has 4 nitrogen and oxygen atoms in total. The van der Waals surface area contributed by atoms with Gasteiger partial charge in [-0.25, -0.2) is 4.68 Å². The van der Waals surface area contributed by atoms with Crippen LogP contribution in [-0.4, -0.2) is 22.9 Å².